The first-order chi connectivity index (χ1) is 7.96. The molecule has 0 aromatic heterocycles. The Labute approximate surface area is 98.4 Å². The summed E-state index contributed by atoms with van der Waals surface area (Å²) in [5.41, 5.74) is 3.15. The average molecular weight is 244 g/mol. The number of nitrogens with zero attached hydrogens (tertiary/aromatic N) is 1. The van der Waals surface area contributed by atoms with Crippen molar-refractivity contribution in [2.24, 2.45) is 0 Å². The summed E-state index contributed by atoms with van der Waals surface area (Å²) < 4.78 is 36.7. The molecule has 5 heteroatoms. The SMILES string of the molecule is CN(Cc1cccc2c1NCC2)CC(F)(F)F. The van der Waals surface area contributed by atoms with Gasteiger partial charge in [0.15, 0.2) is 0 Å². The van der Waals surface area contributed by atoms with E-state index >= 15 is 0 Å². The molecule has 17 heavy (non-hydrogen) atoms. The summed E-state index contributed by atoms with van der Waals surface area (Å²) in [4.78, 5) is 1.29. The molecule has 1 aliphatic rings. The number of nitrogens with one attached hydrogen (secondary N) is 1. The molecule has 0 bridgehead atoms. The summed E-state index contributed by atoms with van der Waals surface area (Å²) in [6.07, 6.45) is -3.19. The van der Waals surface area contributed by atoms with Gasteiger partial charge >= 0.3 is 6.18 Å². The van der Waals surface area contributed by atoms with Crippen molar-refractivity contribution in [3.63, 3.8) is 0 Å². The fourth-order valence-corrected chi connectivity index (χ4v) is 2.20. The molecule has 0 amide bonds. The third-order valence-electron chi connectivity index (χ3n) is 2.82. The van der Waals surface area contributed by atoms with Gasteiger partial charge in [0.25, 0.3) is 0 Å². The largest absolute Gasteiger partial charge is 0.401 e. The molecule has 94 valence electrons. The molecule has 2 rings (SSSR count). The van der Waals surface area contributed by atoms with Gasteiger partial charge in [-0.25, -0.2) is 0 Å². The Morgan fingerprint density at radius 2 is 2.12 bits per heavy atom. The van der Waals surface area contributed by atoms with Crippen molar-refractivity contribution in [2.75, 3.05) is 25.5 Å². The molecule has 0 atom stereocenters. The van der Waals surface area contributed by atoms with E-state index in [0.717, 1.165) is 24.2 Å². The average Bonchev–Trinajstić information content (AvgIpc) is 2.63. The minimum absolute atomic E-state index is 0.315. The van der Waals surface area contributed by atoms with Crippen LogP contribution in [0.15, 0.2) is 18.2 Å². The Bertz CT molecular complexity index is 401. The van der Waals surface area contributed by atoms with Gasteiger partial charge in [-0.3, -0.25) is 4.90 Å². The molecule has 1 aromatic rings. The van der Waals surface area contributed by atoms with E-state index in [1.165, 1.54) is 17.5 Å². The third kappa shape index (κ3) is 3.12. The predicted octanol–water partition coefficient (Wildman–Crippen LogP) is 2.65. The van der Waals surface area contributed by atoms with Gasteiger partial charge in [0, 0.05) is 18.8 Å². The molecule has 2 nitrogen and oxygen atoms in total. The van der Waals surface area contributed by atoms with Crippen LogP contribution in [0.5, 0.6) is 0 Å². The number of alkyl halides is 3. The molecule has 1 aliphatic heterocycles. The van der Waals surface area contributed by atoms with Crippen LogP contribution < -0.4 is 5.32 Å². The van der Waals surface area contributed by atoms with Gasteiger partial charge in [-0.15, -0.1) is 0 Å². The molecule has 1 N–H and O–H groups in total. The van der Waals surface area contributed by atoms with Gasteiger partial charge in [-0.05, 0) is 24.6 Å². The number of benzene rings is 1. The highest BCUT2D eigenvalue weighted by Gasteiger charge is 2.29. The summed E-state index contributed by atoms with van der Waals surface area (Å²) in [6, 6.07) is 5.80. The summed E-state index contributed by atoms with van der Waals surface area (Å²) >= 11 is 0. The van der Waals surface area contributed by atoms with E-state index in [1.54, 1.807) is 0 Å². The molecule has 0 spiro atoms. The monoisotopic (exact) mass is 244 g/mol. The summed E-state index contributed by atoms with van der Waals surface area (Å²) in [5, 5.41) is 3.23. The molecule has 1 heterocycles. The van der Waals surface area contributed by atoms with E-state index in [0.29, 0.717) is 6.54 Å². The summed E-state index contributed by atoms with van der Waals surface area (Å²) in [5.74, 6) is 0. The van der Waals surface area contributed by atoms with Crippen molar-refractivity contribution in [1.82, 2.24) is 4.90 Å². The van der Waals surface area contributed by atoms with E-state index in [1.807, 2.05) is 18.2 Å². The van der Waals surface area contributed by atoms with Crippen LogP contribution in [0.2, 0.25) is 0 Å². The maximum Gasteiger partial charge on any atom is 0.401 e. The van der Waals surface area contributed by atoms with Crippen molar-refractivity contribution in [2.45, 2.75) is 19.1 Å². The summed E-state index contributed by atoms with van der Waals surface area (Å²) in [7, 11) is 1.49. The first-order valence-electron chi connectivity index (χ1n) is 5.55. The Hall–Kier alpha value is -1.23. The van der Waals surface area contributed by atoms with Crippen LogP contribution >= 0.6 is 0 Å². The molecule has 1 aromatic carbocycles. The van der Waals surface area contributed by atoms with Crippen LogP contribution in [0.25, 0.3) is 0 Å². The van der Waals surface area contributed by atoms with Gasteiger partial charge < -0.3 is 5.32 Å². The van der Waals surface area contributed by atoms with E-state index < -0.39 is 12.7 Å². The normalized spacial score (nSPS) is 14.9. The number of hydrogen-bond donors (Lipinski definition) is 1. The Balaban J connectivity index is 2.07. The number of hydrogen-bond acceptors (Lipinski definition) is 2. The highest BCUT2D eigenvalue weighted by atomic mass is 19.4. The van der Waals surface area contributed by atoms with Gasteiger partial charge in [0.05, 0.1) is 6.54 Å². The molecule has 0 fully saturated rings. The van der Waals surface area contributed by atoms with Crippen LogP contribution in [-0.4, -0.2) is 31.2 Å². The highest BCUT2D eigenvalue weighted by Crippen LogP contribution is 2.27. The van der Waals surface area contributed by atoms with Gasteiger partial charge in [0.1, 0.15) is 0 Å². The fourth-order valence-electron chi connectivity index (χ4n) is 2.20. The maximum absolute atomic E-state index is 12.2. The lowest BCUT2D eigenvalue weighted by atomic mass is 10.1. The molecule has 0 saturated carbocycles. The molecular formula is C12H15F3N2. The zero-order valence-corrected chi connectivity index (χ0v) is 9.64. The second-order valence-corrected chi connectivity index (χ2v) is 4.42. The minimum atomic E-state index is -4.14. The first-order valence-corrected chi connectivity index (χ1v) is 5.55. The predicted molar refractivity (Wildman–Crippen MR) is 61.0 cm³/mol. The van der Waals surface area contributed by atoms with Crippen molar-refractivity contribution in [3.05, 3.63) is 29.3 Å². The Kier molecular flexibility index (Phi) is 3.28. The van der Waals surface area contributed by atoms with Crippen molar-refractivity contribution in [3.8, 4) is 0 Å². The standard InChI is InChI=1S/C12H15F3N2/c1-17(8-12(13,14)15)7-10-4-2-3-9-5-6-16-11(9)10/h2-4,16H,5-8H2,1H3. The van der Waals surface area contributed by atoms with Gasteiger partial charge in [-0.2, -0.15) is 13.2 Å². The Morgan fingerprint density at radius 1 is 1.35 bits per heavy atom. The molecular weight excluding hydrogens is 229 g/mol. The molecule has 0 saturated heterocycles. The van der Waals surface area contributed by atoms with Crippen LogP contribution in [0.4, 0.5) is 18.9 Å². The van der Waals surface area contributed by atoms with Gasteiger partial charge in [0.2, 0.25) is 0 Å². The topological polar surface area (TPSA) is 15.3 Å². The smallest absolute Gasteiger partial charge is 0.384 e. The van der Waals surface area contributed by atoms with Crippen LogP contribution in [0, 0.1) is 0 Å². The van der Waals surface area contributed by atoms with E-state index in [2.05, 4.69) is 5.32 Å². The number of halogens is 3. The highest BCUT2D eigenvalue weighted by molar-refractivity contribution is 5.61. The fraction of sp³-hybridized carbons (Fsp3) is 0.500. The third-order valence-corrected chi connectivity index (χ3v) is 2.82. The quantitative estimate of drug-likeness (QED) is 0.879. The first kappa shape index (κ1) is 12.2. The number of para-hydroxylation sites is 1. The molecule has 0 aliphatic carbocycles. The summed E-state index contributed by atoms with van der Waals surface area (Å²) in [6.45, 7) is 0.307. The minimum Gasteiger partial charge on any atom is -0.384 e. The number of rotatable bonds is 3. The second kappa shape index (κ2) is 4.56. The lowest BCUT2D eigenvalue weighted by Crippen LogP contribution is -2.30. The van der Waals surface area contributed by atoms with E-state index in [9.17, 15) is 13.2 Å². The lowest BCUT2D eigenvalue weighted by Gasteiger charge is -2.20. The van der Waals surface area contributed by atoms with Gasteiger partial charge in [-0.1, -0.05) is 18.2 Å². The van der Waals surface area contributed by atoms with E-state index in [4.69, 9.17) is 0 Å². The molecule has 0 unspecified atom stereocenters. The van der Waals surface area contributed by atoms with Crippen LogP contribution in [-0.2, 0) is 13.0 Å². The number of fused-ring (bicyclic) bond motifs is 1. The number of anilines is 1. The zero-order chi connectivity index (χ0) is 12.5. The maximum atomic E-state index is 12.2. The second-order valence-electron chi connectivity index (χ2n) is 4.42. The van der Waals surface area contributed by atoms with Crippen molar-refractivity contribution >= 4 is 5.69 Å². The Morgan fingerprint density at radius 3 is 2.82 bits per heavy atom. The lowest BCUT2D eigenvalue weighted by molar-refractivity contribution is -0.144. The van der Waals surface area contributed by atoms with Crippen LogP contribution in [0.1, 0.15) is 11.1 Å². The van der Waals surface area contributed by atoms with Crippen molar-refractivity contribution < 1.29 is 13.2 Å². The van der Waals surface area contributed by atoms with Crippen molar-refractivity contribution in [1.29, 1.82) is 0 Å². The van der Waals surface area contributed by atoms with Crippen LogP contribution in [0.3, 0.4) is 0 Å². The molecule has 0 radical (unpaired) electrons. The zero-order valence-electron chi connectivity index (χ0n) is 9.64. The van der Waals surface area contributed by atoms with E-state index in [-0.39, 0.29) is 0 Å².